The zero-order valence-corrected chi connectivity index (χ0v) is 6.91. The molecule has 11 heavy (non-hydrogen) atoms. The SMILES string of the molecule is COC(=O)C=CN(C)C1CC1. The minimum atomic E-state index is -0.294. The number of rotatable bonds is 3. The van der Waals surface area contributed by atoms with Crippen molar-refractivity contribution >= 4 is 5.97 Å². The summed E-state index contributed by atoms with van der Waals surface area (Å²) in [6.45, 7) is 0. The smallest absolute Gasteiger partial charge is 0.331 e. The number of hydrogen-bond donors (Lipinski definition) is 0. The lowest BCUT2D eigenvalue weighted by atomic mass is 10.5. The minimum absolute atomic E-state index is 0.294. The molecule has 1 rings (SSSR count). The van der Waals surface area contributed by atoms with Crippen LogP contribution in [0, 0.1) is 0 Å². The summed E-state index contributed by atoms with van der Waals surface area (Å²) >= 11 is 0. The van der Waals surface area contributed by atoms with Gasteiger partial charge in [-0.1, -0.05) is 0 Å². The maximum atomic E-state index is 10.6. The first-order valence-electron chi connectivity index (χ1n) is 3.72. The zero-order valence-electron chi connectivity index (χ0n) is 6.91. The number of methoxy groups -OCH3 is 1. The average molecular weight is 155 g/mol. The van der Waals surface area contributed by atoms with E-state index in [0.717, 1.165) is 0 Å². The highest BCUT2D eigenvalue weighted by Crippen LogP contribution is 2.25. The van der Waals surface area contributed by atoms with Crippen molar-refractivity contribution in [2.75, 3.05) is 14.2 Å². The van der Waals surface area contributed by atoms with E-state index in [4.69, 9.17) is 0 Å². The van der Waals surface area contributed by atoms with E-state index in [1.807, 2.05) is 11.9 Å². The summed E-state index contributed by atoms with van der Waals surface area (Å²) in [6, 6.07) is 0.649. The molecular weight excluding hydrogens is 142 g/mol. The van der Waals surface area contributed by atoms with E-state index in [9.17, 15) is 4.79 Å². The average Bonchev–Trinajstić information content (AvgIpc) is 2.81. The van der Waals surface area contributed by atoms with Gasteiger partial charge in [0, 0.05) is 25.4 Å². The molecular formula is C8H13NO2. The van der Waals surface area contributed by atoms with Gasteiger partial charge in [0.25, 0.3) is 0 Å². The molecule has 1 aliphatic rings. The normalized spacial score (nSPS) is 16.9. The van der Waals surface area contributed by atoms with E-state index in [-0.39, 0.29) is 5.97 Å². The Morgan fingerprint density at radius 1 is 1.64 bits per heavy atom. The van der Waals surface area contributed by atoms with Crippen LogP contribution in [0.15, 0.2) is 12.3 Å². The highest BCUT2D eigenvalue weighted by Gasteiger charge is 2.23. The lowest BCUT2D eigenvalue weighted by molar-refractivity contribution is -0.134. The van der Waals surface area contributed by atoms with Gasteiger partial charge in [0.15, 0.2) is 0 Å². The quantitative estimate of drug-likeness (QED) is 0.445. The summed E-state index contributed by atoms with van der Waals surface area (Å²) in [5.41, 5.74) is 0. The molecule has 0 bridgehead atoms. The predicted molar refractivity (Wildman–Crippen MR) is 41.9 cm³/mol. The predicted octanol–water partition coefficient (Wildman–Crippen LogP) is 0.767. The van der Waals surface area contributed by atoms with Crippen molar-refractivity contribution in [1.82, 2.24) is 4.90 Å². The summed E-state index contributed by atoms with van der Waals surface area (Å²) in [7, 11) is 3.35. The van der Waals surface area contributed by atoms with Gasteiger partial charge in [-0.2, -0.15) is 0 Å². The molecule has 0 amide bonds. The van der Waals surface area contributed by atoms with Crippen molar-refractivity contribution in [3.8, 4) is 0 Å². The van der Waals surface area contributed by atoms with Gasteiger partial charge >= 0.3 is 5.97 Å². The first kappa shape index (κ1) is 8.11. The third-order valence-electron chi connectivity index (χ3n) is 1.77. The molecule has 3 heteroatoms. The maximum absolute atomic E-state index is 10.6. The fourth-order valence-electron chi connectivity index (χ4n) is 0.850. The molecule has 62 valence electrons. The number of carbonyl (C=O) groups is 1. The first-order chi connectivity index (χ1) is 5.24. The molecule has 0 aliphatic heterocycles. The molecule has 0 unspecified atom stereocenters. The van der Waals surface area contributed by atoms with Crippen molar-refractivity contribution in [3.05, 3.63) is 12.3 Å². The van der Waals surface area contributed by atoms with E-state index in [1.54, 1.807) is 6.20 Å². The van der Waals surface area contributed by atoms with Gasteiger partial charge in [0.2, 0.25) is 0 Å². The monoisotopic (exact) mass is 155 g/mol. The van der Waals surface area contributed by atoms with E-state index in [2.05, 4.69) is 4.74 Å². The Morgan fingerprint density at radius 3 is 2.73 bits per heavy atom. The summed E-state index contributed by atoms with van der Waals surface area (Å²) in [6.07, 6.45) is 5.69. The van der Waals surface area contributed by atoms with Crippen LogP contribution in [-0.2, 0) is 9.53 Å². The summed E-state index contributed by atoms with van der Waals surface area (Å²) in [4.78, 5) is 12.7. The summed E-state index contributed by atoms with van der Waals surface area (Å²) in [5, 5.41) is 0. The van der Waals surface area contributed by atoms with Gasteiger partial charge < -0.3 is 9.64 Å². The Balaban J connectivity index is 2.26. The van der Waals surface area contributed by atoms with Crippen LogP contribution in [0.4, 0.5) is 0 Å². The Bertz CT molecular complexity index is 173. The second kappa shape index (κ2) is 3.42. The van der Waals surface area contributed by atoms with Gasteiger partial charge in [-0.25, -0.2) is 4.79 Å². The fourth-order valence-corrected chi connectivity index (χ4v) is 0.850. The molecule has 1 aliphatic carbocycles. The van der Waals surface area contributed by atoms with Crippen molar-refractivity contribution in [3.63, 3.8) is 0 Å². The standard InChI is InChI=1S/C8H13NO2/c1-9(7-3-4-7)6-5-8(10)11-2/h5-7H,3-4H2,1-2H3. The Kier molecular flexibility index (Phi) is 2.52. The number of carbonyl (C=O) groups excluding carboxylic acids is 1. The molecule has 0 saturated heterocycles. The Hall–Kier alpha value is -0.990. The molecule has 0 aromatic carbocycles. The van der Waals surface area contributed by atoms with Crippen molar-refractivity contribution in [1.29, 1.82) is 0 Å². The highest BCUT2D eigenvalue weighted by atomic mass is 16.5. The van der Waals surface area contributed by atoms with Gasteiger partial charge in [-0.05, 0) is 12.8 Å². The van der Waals surface area contributed by atoms with Crippen LogP contribution >= 0.6 is 0 Å². The minimum Gasteiger partial charge on any atom is -0.466 e. The molecule has 0 aromatic heterocycles. The van der Waals surface area contributed by atoms with Gasteiger partial charge in [-0.15, -0.1) is 0 Å². The third kappa shape index (κ3) is 2.62. The van der Waals surface area contributed by atoms with Crippen LogP contribution in [-0.4, -0.2) is 31.1 Å². The molecule has 0 heterocycles. The summed E-state index contributed by atoms with van der Waals surface area (Å²) < 4.78 is 4.45. The number of ether oxygens (including phenoxy) is 1. The zero-order chi connectivity index (χ0) is 8.27. The van der Waals surface area contributed by atoms with Crippen LogP contribution in [0.25, 0.3) is 0 Å². The third-order valence-corrected chi connectivity index (χ3v) is 1.77. The Morgan fingerprint density at radius 2 is 2.27 bits per heavy atom. The van der Waals surface area contributed by atoms with Crippen molar-refractivity contribution < 1.29 is 9.53 Å². The molecule has 0 radical (unpaired) electrons. The molecule has 1 fully saturated rings. The first-order valence-corrected chi connectivity index (χ1v) is 3.72. The molecule has 0 atom stereocenters. The van der Waals surface area contributed by atoms with E-state index < -0.39 is 0 Å². The lowest BCUT2D eigenvalue weighted by Gasteiger charge is -2.10. The second-order valence-corrected chi connectivity index (χ2v) is 2.74. The van der Waals surface area contributed by atoms with E-state index in [0.29, 0.717) is 6.04 Å². The molecule has 1 saturated carbocycles. The topological polar surface area (TPSA) is 29.5 Å². The Labute approximate surface area is 66.6 Å². The van der Waals surface area contributed by atoms with Gasteiger partial charge in [0.1, 0.15) is 0 Å². The number of nitrogens with zero attached hydrogens (tertiary/aromatic N) is 1. The largest absolute Gasteiger partial charge is 0.466 e. The van der Waals surface area contributed by atoms with Crippen LogP contribution in [0.3, 0.4) is 0 Å². The summed E-state index contributed by atoms with van der Waals surface area (Å²) in [5.74, 6) is -0.294. The number of hydrogen-bond acceptors (Lipinski definition) is 3. The van der Waals surface area contributed by atoms with Crippen LogP contribution < -0.4 is 0 Å². The molecule has 0 spiro atoms. The van der Waals surface area contributed by atoms with Crippen LogP contribution in [0.1, 0.15) is 12.8 Å². The van der Waals surface area contributed by atoms with Crippen LogP contribution in [0.2, 0.25) is 0 Å². The fraction of sp³-hybridized carbons (Fsp3) is 0.625. The second-order valence-electron chi connectivity index (χ2n) is 2.74. The van der Waals surface area contributed by atoms with E-state index in [1.165, 1.54) is 26.0 Å². The van der Waals surface area contributed by atoms with Crippen molar-refractivity contribution in [2.45, 2.75) is 18.9 Å². The van der Waals surface area contributed by atoms with Gasteiger partial charge in [-0.3, -0.25) is 0 Å². The van der Waals surface area contributed by atoms with Crippen molar-refractivity contribution in [2.24, 2.45) is 0 Å². The molecule has 0 aromatic rings. The maximum Gasteiger partial charge on any atom is 0.331 e. The van der Waals surface area contributed by atoms with Crippen LogP contribution in [0.5, 0.6) is 0 Å². The highest BCUT2D eigenvalue weighted by molar-refractivity contribution is 5.81. The van der Waals surface area contributed by atoms with E-state index >= 15 is 0 Å². The lowest BCUT2D eigenvalue weighted by Crippen LogP contribution is -2.13. The molecule has 0 N–H and O–H groups in total. The molecule has 3 nitrogen and oxygen atoms in total. The van der Waals surface area contributed by atoms with Gasteiger partial charge in [0.05, 0.1) is 7.11 Å². The number of esters is 1.